The number of nitrogen functional groups attached to an aromatic ring is 1. The quantitative estimate of drug-likeness (QED) is 0.826. The molecule has 1 heterocycles. The van der Waals surface area contributed by atoms with Crippen LogP contribution in [0.15, 0.2) is 18.2 Å². The number of nitrogens with two attached hydrogens (primary N) is 1. The van der Waals surface area contributed by atoms with Crippen molar-refractivity contribution < 1.29 is 13.6 Å². The fourth-order valence-corrected chi connectivity index (χ4v) is 2.20. The van der Waals surface area contributed by atoms with E-state index < -0.39 is 12.1 Å². The number of alkyl halides is 1. The van der Waals surface area contributed by atoms with E-state index in [1.165, 1.54) is 17.9 Å². The number of benzene rings is 1. The van der Waals surface area contributed by atoms with Gasteiger partial charge in [-0.1, -0.05) is 0 Å². The number of hydrogen-bond donors (Lipinski definition) is 1. The van der Waals surface area contributed by atoms with E-state index in [0.717, 1.165) is 0 Å². The van der Waals surface area contributed by atoms with Crippen molar-refractivity contribution in [1.82, 2.24) is 4.90 Å². The van der Waals surface area contributed by atoms with Crippen LogP contribution in [-0.4, -0.2) is 43.2 Å². The second-order valence-corrected chi connectivity index (χ2v) is 4.64. The molecule has 4 nitrogen and oxygen atoms in total. The van der Waals surface area contributed by atoms with Crippen molar-refractivity contribution in [3.8, 4) is 0 Å². The highest BCUT2D eigenvalue weighted by Gasteiger charge is 2.25. The molecule has 0 bridgehead atoms. The molecule has 2 N–H and O–H groups in total. The third kappa shape index (κ3) is 2.94. The molecule has 19 heavy (non-hydrogen) atoms. The van der Waals surface area contributed by atoms with Gasteiger partial charge in [0.2, 0.25) is 0 Å². The van der Waals surface area contributed by atoms with Crippen LogP contribution in [0.2, 0.25) is 0 Å². The number of carbonyl (C=O) groups excluding carboxylic acids is 1. The van der Waals surface area contributed by atoms with Crippen molar-refractivity contribution in [2.24, 2.45) is 0 Å². The van der Waals surface area contributed by atoms with Crippen LogP contribution in [0.5, 0.6) is 0 Å². The lowest BCUT2D eigenvalue weighted by molar-refractivity contribution is -0.136. The molecule has 6 heteroatoms. The van der Waals surface area contributed by atoms with E-state index in [2.05, 4.69) is 0 Å². The molecule has 1 aliphatic rings. The number of rotatable bonds is 2. The Morgan fingerprint density at radius 3 is 2.47 bits per heavy atom. The van der Waals surface area contributed by atoms with Crippen molar-refractivity contribution in [2.45, 2.75) is 13.1 Å². The zero-order valence-electron chi connectivity index (χ0n) is 10.8. The molecule has 0 saturated carbocycles. The van der Waals surface area contributed by atoms with Gasteiger partial charge in [0.25, 0.3) is 5.91 Å². The largest absolute Gasteiger partial charge is 0.399 e. The Kier molecular flexibility index (Phi) is 3.87. The van der Waals surface area contributed by atoms with Gasteiger partial charge in [0.15, 0.2) is 6.17 Å². The standard InChI is InChI=1S/C13H17F2N3O/c1-9(14)13(19)18-6-4-17(5-7-18)12-3-2-10(16)8-11(12)15/h2-3,8-9H,4-7,16H2,1H3. The minimum atomic E-state index is -1.49. The first-order valence-corrected chi connectivity index (χ1v) is 6.22. The number of halogens is 2. The minimum Gasteiger partial charge on any atom is -0.399 e. The van der Waals surface area contributed by atoms with Gasteiger partial charge >= 0.3 is 0 Å². The van der Waals surface area contributed by atoms with E-state index in [9.17, 15) is 13.6 Å². The summed E-state index contributed by atoms with van der Waals surface area (Å²) >= 11 is 0. The fraction of sp³-hybridized carbons (Fsp3) is 0.462. The maximum absolute atomic E-state index is 13.8. The van der Waals surface area contributed by atoms with Gasteiger partial charge < -0.3 is 15.5 Å². The van der Waals surface area contributed by atoms with Gasteiger partial charge in [-0.3, -0.25) is 4.79 Å². The first kappa shape index (κ1) is 13.6. The summed E-state index contributed by atoms with van der Waals surface area (Å²) in [7, 11) is 0. The van der Waals surface area contributed by atoms with E-state index in [0.29, 0.717) is 37.6 Å². The molecule has 0 aromatic heterocycles. The van der Waals surface area contributed by atoms with Gasteiger partial charge in [-0.25, -0.2) is 8.78 Å². The Hall–Kier alpha value is -1.85. The zero-order valence-corrected chi connectivity index (χ0v) is 10.8. The number of amides is 1. The van der Waals surface area contributed by atoms with Gasteiger partial charge in [-0.05, 0) is 25.1 Å². The molecular weight excluding hydrogens is 252 g/mol. The highest BCUT2D eigenvalue weighted by Crippen LogP contribution is 2.22. The van der Waals surface area contributed by atoms with Crippen LogP contribution >= 0.6 is 0 Å². The SMILES string of the molecule is CC(F)C(=O)N1CCN(c2ccc(N)cc2F)CC1. The third-order valence-electron chi connectivity index (χ3n) is 3.24. The van der Waals surface area contributed by atoms with Crippen molar-refractivity contribution in [3.05, 3.63) is 24.0 Å². The number of anilines is 2. The Balaban J connectivity index is 2.02. The van der Waals surface area contributed by atoms with Crippen molar-refractivity contribution >= 4 is 17.3 Å². The Bertz CT molecular complexity index is 471. The summed E-state index contributed by atoms with van der Waals surface area (Å²) in [5.74, 6) is -0.879. The molecule has 104 valence electrons. The average Bonchev–Trinajstić information content (AvgIpc) is 2.38. The smallest absolute Gasteiger partial charge is 0.256 e. The molecule has 1 fully saturated rings. The summed E-state index contributed by atoms with van der Waals surface area (Å²) in [5.41, 5.74) is 6.34. The van der Waals surface area contributed by atoms with Crippen LogP contribution in [0, 0.1) is 5.82 Å². The summed E-state index contributed by atoms with van der Waals surface area (Å²) in [6.45, 7) is 3.00. The monoisotopic (exact) mass is 269 g/mol. The zero-order chi connectivity index (χ0) is 14.0. The summed E-state index contributed by atoms with van der Waals surface area (Å²) in [5, 5.41) is 0. The van der Waals surface area contributed by atoms with Gasteiger partial charge in [0, 0.05) is 31.9 Å². The highest BCUT2D eigenvalue weighted by molar-refractivity contribution is 5.80. The van der Waals surface area contributed by atoms with E-state index >= 15 is 0 Å². The summed E-state index contributed by atoms with van der Waals surface area (Å²) in [6, 6.07) is 4.54. The molecule has 0 radical (unpaired) electrons. The molecule has 0 aliphatic carbocycles. The average molecular weight is 269 g/mol. The normalized spacial score (nSPS) is 17.4. The van der Waals surface area contributed by atoms with Crippen LogP contribution < -0.4 is 10.6 Å². The van der Waals surface area contributed by atoms with Crippen LogP contribution in [-0.2, 0) is 4.79 Å². The second kappa shape index (κ2) is 5.42. The minimum absolute atomic E-state index is 0.376. The van der Waals surface area contributed by atoms with Crippen LogP contribution in [0.3, 0.4) is 0 Å². The lowest BCUT2D eigenvalue weighted by Crippen LogP contribution is -2.50. The summed E-state index contributed by atoms with van der Waals surface area (Å²) in [4.78, 5) is 14.8. The van der Waals surface area contributed by atoms with Gasteiger partial charge in [0.1, 0.15) is 5.82 Å². The number of nitrogens with zero attached hydrogens (tertiary/aromatic N) is 2. The Labute approximate surface area is 110 Å². The van der Waals surface area contributed by atoms with Crippen LogP contribution in [0.4, 0.5) is 20.2 Å². The predicted octanol–water partition coefficient (Wildman–Crippen LogP) is 1.41. The fourth-order valence-electron chi connectivity index (χ4n) is 2.20. The van der Waals surface area contributed by atoms with Crippen LogP contribution in [0.1, 0.15) is 6.92 Å². The molecule has 1 aromatic carbocycles. The summed E-state index contributed by atoms with van der Waals surface area (Å²) in [6.07, 6.45) is -1.49. The van der Waals surface area contributed by atoms with E-state index in [4.69, 9.17) is 5.73 Å². The van der Waals surface area contributed by atoms with Crippen molar-refractivity contribution in [3.63, 3.8) is 0 Å². The molecule has 1 aromatic rings. The number of hydrogen-bond acceptors (Lipinski definition) is 3. The molecule has 1 saturated heterocycles. The van der Waals surface area contributed by atoms with Crippen molar-refractivity contribution in [2.75, 3.05) is 36.8 Å². The van der Waals surface area contributed by atoms with Gasteiger partial charge in [-0.2, -0.15) is 0 Å². The maximum Gasteiger partial charge on any atom is 0.256 e. The predicted molar refractivity (Wildman–Crippen MR) is 70.2 cm³/mol. The topological polar surface area (TPSA) is 49.6 Å². The third-order valence-corrected chi connectivity index (χ3v) is 3.24. The van der Waals surface area contributed by atoms with Crippen molar-refractivity contribution in [1.29, 1.82) is 0 Å². The molecule has 1 aliphatic heterocycles. The summed E-state index contributed by atoms with van der Waals surface area (Å²) < 4.78 is 26.7. The molecule has 1 amide bonds. The molecule has 1 atom stereocenters. The molecule has 1 unspecified atom stereocenters. The lowest BCUT2D eigenvalue weighted by Gasteiger charge is -2.36. The first-order valence-electron chi connectivity index (χ1n) is 6.22. The first-order chi connectivity index (χ1) is 8.99. The molecule has 0 spiro atoms. The highest BCUT2D eigenvalue weighted by atomic mass is 19.1. The van der Waals surface area contributed by atoms with E-state index in [-0.39, 0.29) is 5.82 Å². The second-order valence-electron chi connectivity index (χ2n) is 4.64. The maximum atomic E-state index is 13.8. The molecular formula is C13H17F2N3O. The Morgan fingerprint density at radius 2 is 1.95 bits per heavy atom. The molecule has 2 rings (SSSR count). The van der Waals surface area contributed by atoms with Crippen LogP contribution in [0.25, 0.3) is 0 Å². The van der Waals surface area contributed by atoms with E-state index in [1.54, 1.807) is 12.1 Å². The lowest BCUT2D eigenvalue weighted by atomic mass is 10.2. The van der Waals surface area contributed by atoms with Gasteiger partial charge in [0.05, 0.1) is 5.69 Å². The Morgan fingerprint density at radius 1 is 1.32 bits per heavy atom. The van der Waals surface area contributed by atoms with Gasteiger partial charge in [-0.15, -0.1) is 0 Å². The number of piperazine rings is 1. The number of carbonyl (C=O) groups is 1. The van der Waals surface area contributed by atoms with E-state index in [1.807, 2.05) is 4.90 Å².